The Bertz CT molecular complexity index is 480. The summed E-state index contributed by atoms with van der Waals surface area (Å²) < 4.78 is 0. The van der Waals surface area contributed by atoms with Crippen molar-refractivity contribution >= 4 is 23.8 Å². The topological polar surface area (TPSA) is 25.2 Å². The highest BCUT2D eigenvalue weighted by Gasteiger charge is 1.96. The standard InChI is InChI=1S/C13H12N2S/c1-16-12-7-3-2-6-11(12)10-15-13-8-4-5-9-14-13/h2-10H,1H3. The lowest BCUT2D eigenvalue weighted by Crippen LogP contribution is -1.84. The first-order valence-corrected chi connectivity index (χ1v) is 6.21. The maximum atomic E-state index is 4.34. The third-order valence-electron chi connectivity index (χ3n) is 2.12. The molecule has 0 bridgehead atoms. The summed E-state index contributed by atoms with van der Waals surface area (Å²) in [5.74, 6) is 0.735. The van der Waals surface area contributed by atoms with E-state index >= 15 is 0 Å². The third kappa shape index (κ3) is 2.70. The maximum Gasteiger partial charge on any atom is 0.151 e. The van der Waals surface area contributed by atoms with E-state index in [1.54, 1.807) is 18.0 Å². The molecule has 80 valence electrons. The zero-order valence-electron chi connectivity index (χ0n) is 9.00. The summed E-state index contributed by atoms with van der Waals surface area (Å²) in [5, 5.41) is 0. The van der Waals surface area contributed by atoms with E-state index in [0.29, 0.717) is 0 Å². The molecule has 0 fully saturated rings. The van der Waals surface area contributed by atoms with E-state index in [2.05, 4.69) is 28.4 Å². The van der Waals surface area contributed by atoms with Gasteiger partial charge in [0.1, 0.15) is 0 Å². The van der Waals surface area contributed by atoms with Gasteiger partial charge in [-0.2, -0.15) is 0 Å². The number of aliphatic imine (C=N–C) groups is 1. The molecule has 1 heterocycles. The van der Waals surface area contributed by atoms with Crippen molar-refractivity contribution in [2.24, 2.45) is 4.99 Å². The van der Waals surface area contributed by atoms with Gasteiger partial charge in [0, 0.05) is 22.9 Å². The van der Waals surface area contributed by atoms with Gasteiger partial charge in [-0.15, -0.1) is 11.8 Å². The monoisotopic (exact) mass is 228 g/mol. The lowest BCUT2D eigenvalue weighted by atomic mass is 10.2. The average molecular weight is 228 g/mol. The van der Waals surface area contributed by atoms with E-state index in [9.17, 15) is 0 Å². The van der Waals surface area contributed by atoms with Gasteiger partial charge in [0.15, 0.2) is 5.82 Å². The molecule has 0 spiro atoms. The van der Waals surface area contributed by atoms with Crippen molar-refractivity contribution < 1.29 is 0 Å². The van der Waals surface area contributed by atoms with E-state index in [0.717, 1.165) is 11.4 Å². The molecule has 0 aliphatic rings. The molecule has 2 rings (SSSR count). The van der Waals surface area contributed by atoms with Crippen LogP contribution >= 0.6 is 11.8 Å². The molecule has 0 aliphatic heterocycles. The van der Waals surface area contributed by atoms with Crippen LogP contribution in [0.25, 0.3) is 0 Å². The van der Waals surface area contributed by atoms with Crippen LogP contribution in [0.5, 0.6) is 0 Å². The zero-order valence-corrected chi connectivity index (χ0v) is 9.82. The van der Waals surface area contributed by atoms with Crippen molar-refractivity contribution in [1.82, 2.24) is 4.98 Å². The molecule has 2 aromatic rings. The van der Waals surface area contributed by atoms with E-state index in [1.807, 2.05) is 36.5 Å². The molecule has 0 aliphatic carbocycles. The van der Waals surface area contributed by atoms with Crippen LogP contribution in [0, 0.1) is 0 Å². The van der Waals surface area contributed by atoms with Gasteiger partial charge >= 0.3 is 0 Å². The molecule has 1 aromatic carbocycles. The molecule has 16 heavy (non-hydrogen) atoms. The van der Waals surface area contributed by atoms with E-state index in [1.165, 1.54) is 4.90 Å². The van der Waals surface area contributed by atoms with Crippen LogP contribution in [0.1, 0.15) is 5.56 Å². The van der Waals surface area contributed by atoms with Crippen LogP contribution in [0.15, 0.2) is 58.5 Å². The van der Waals surface area contributed by atoms with Crippen LogP contribution in [0.4, 0.5) is 5.82 Å². The Hall–Kier alpha value is -1.61. The fourth-order valence-electron chi connectivity index (χ4n) is 1.34. The quantitative estimate of drug-likeness (QED) is 0.593. The number of benzene rings is 1. The highest BCUT2D eigenvalue weighted by Crippen LogP contribution is 2.18. The maximum absolute atomic E-state index is 4.34. The number of pyridine rings is 1. The Morgan fingerprint density at radius 1 is 1.12 bits per heavy atom. The number of thioether (sulfide) groups is 1. The number of hydrogen-bond acceptors (Lipinski definition) is 3. The van der Waals surface area contributed by atoms with Gasteiger partial charge in [-0.05, 0) is 24.5 Å². The van der Waals surface area contributed by atoms with Gasteiger partial charge in [-0.3, -0.25) is 0 Å². The number of rotatable bonds is 3. The van der Waals surface area contributed by atoms with Gasteiger partial charge in [0.25, 0.3) is 0 Å². The molecule has 0 N–H and O–H groups in total. The van der Waals surface area contributed by atoms with Crippen molar-refractivity contribution in [2.45, 2.75) is 4.90 Å². The predicted octanol–water partition coefficient (Wildman–Crippen LogP) is 3.55. The van der Waals surface area contributed by atoms with Crippen molar-refractivity contribution in [3.63, 3.8) is 0 Å². The molecule has 0 radical (unpaired) electrons. The van der Waals surface area contributed by atoms with Gasteiger partial charge in [-0.25, -0.2) is 9.98 Å². The SMILES string of the molecule is CSc1ccccc1C=Nc1ccccn1. The highest BCUT2D eigenvalue weighted by molar-refractivity contribution is 7.98. The van der Waals surface area contributed by atoms with Crippen LogP contribution in [0.2, 0.25) is 0 Å². The third-order valence-corrected chi connectivity index (χ3v) is 2.94. The molecule has 0 saturated carbocycles. The summed E-state index contributed by atoms with van der Waals surface area (Å²) in [6.45, 7) is 0. The molecule has 0 saturated heterocycles. The highest BCUT2D eigenvalue weighted by atomic mass is 32.2. The van der Waals surface area contributed by atoms with Gasteiger partial charge in [-0.1, -0.05) is 24.3 Å². The molecule has 2 nitrogen and oxygen atoms in total. The van der Waals surface area contributed by atoms with E-state index in [-0.39, 0.29) is 0 Å². The summed E-state index contributed by atoms with van der Waals surface area (Å²) >= 11 is 1.72. The Morgan fingerprint density at radius 2 is 1.94 bits per heavy atom. The lowest BCUT2D eigenvalue weighted by molar-refractivity contribution is 1.28. The molecular formula is C13H12N2S. The second kappa shape index (κ2) is 5.47. The second-order valence-corrected chi connectivity index (χ2v) is 4.04. The van der Waals surface area contributed by atoms with Gasteiger partial charge in [0.2, 0.25) is 0 Å². The summed E-state index contributed by atoms with van der Waals surface area (Å²) in [4.78, 5) is 9.70. The fourth-order valence-corrected chi connectivity index (χ4v) is 1.91. The second-order valence-electron chi connectivity index (χ2n) is 3.19. The Balaban J connectivity index is 2.24. The first-order chi connectivity index (χ1) is 7.90. The molecule has 0 atom stereocenters. The summed E-state index contributed by atoms with van der Waals surface area (Å²) in [7, 11) is 0. The van der Waals surface area contributed by atoms with Crippen molar-refractivity contribution in [2.75, 3.05) is 6.26 Å². The fraction of sp³-hybridized carbons (Fsp3) is 0.0769. The van der Waals surface area contributed by atoms with Crippen LogP contribution in [-0.4, -0.2) is 17.5 Å². The first-order valence-electron chi connectivity index (χ1n) is 4.98. The zero-order chi connectivity index (χ0) is 11.2. The predicted molar refractivity (Wildman–Crippen MR) is 69.7 cm³/mol. The van der Waals surface area contributed by atoms with Gasteiger partial charge < -0.3 is 0 Å². The molecule has 3 heteroatoms. The number of hydrogen-bond donors (Lipinski definition) is 0. The minimum Gasteiger partial charge on any atom is -0.237 e. The van der Waals surface area contributed by atoms with Crippen LogP contribution in [-0.2, 0) is 0 Å². The Labute approximate surface area is 99.5 Å². The summed E-state index contributed by atoms with van der Waals surface area (Å²) in [6, 6.07) is 13.9. The van der Waals surface area contributed by atoms with E-state index in [4.69, 9.17) is 0 Å². The molecule has 1 aromatic heterocycles. The average Bonchev–Trinajstić information content (AvgIpc) is 2.38. The van der Waals surface area contributed by atoms with Crippen LogP contribution < -0.4 is 0 Å². The minimum atomic E-state index is 0.735. The largest absolute Gasteiger partial charge is 0.237 e. The Morgan fingerprint density at radius 3 is 2.69 bits per heavy atom. The van der Waals surface area contributed by atoms with Crippen molar-refractivity contribution in [1.29, 1.82) is 0 Å². The molecule has 0 unspecified atom stereocenters. The molecular weight excluding hydrogens is 216 g/mol. The lowest BCUT2D eigenvalue weighted by Gasteiger charge is -2.00. The van der Waals surface area contributed by atoms with Crippen molar-refractivity contribution in [3.05, 3.63) is 54.2 Å². The minimum absolute atomic E-state index is 0.735. The normalized spacial score (nSPS) is 10.8. The number of aromatic nitrogens is 1. The van der Waals surface area contributed by atoms with Gasteiger partial charge in [0.05, 0.1) is 0 Å². The Kier molecular flexibility index (Phi) is 3.72. The summed E-state index contributed by atoms with van der Waals surface area (Å²) in [6.07, 6.45) is 5.66. The van der Waals surface area contributed by atoms with Crippen LogP contribution in [0.3, 0.4) is 0 Å². The number of nitrogens with zero attached hydrogens (tertiary/aromatic N) is 2. The first kappa shape index (κ1) is 10.9. The van der Waals surface area contributed by atoms with Crippen molar-refractivity contribution in [3.8, 4) is 0 Å². The smallest absolute Gasteiger partial charge is 0.151 e. The molecule has 0 amide bonds. The summed E-state index contributed by atoms with van der Waals surface area (Å²) in [5.41, 5.74) is 1.13. The van der Waals surface area contributed by atoms with E-state index < -0.39 is 0 Å².